The molecule has 6 nitrogen and oxygen atoms in total. The van der Waals surface area contributed by atoms with Crippen LogP contribution in [0, 0.1) is 0 Å². The lowest BCUT2D eigenvalue weighted by Gasteiger charge is -2.23. The van der Waals surface area contributed by atoms with E-state index in [1.165, 1.54) is 32.1 Å². The van der Waals surface area contributed by atoms with Crippen LogP contribution in [0.3, 0.4) is 0 Å². The predicted molar refractivity (Wildman–Crippen MR) is 102 cm³/mol. The van der Waals surface area contributed by atoms with Gasteiger partial charge in [-0.05, 0) is 37.1 Å². The topological polar surface area (TPSA) is 72.5 Å². The van der Waals surface area contributed by atoms with Gasteiger partial charge in [0.2, 0.25) is 0 Å². The Morgan fingerprint density at radius 2 is 1.88 bits per heavy atom. The molecular formula is C20H25N3O3. The molecule has 0 radical (unpaired) electrons. The average molecular weight is 355 g/mol. The highest BCUT2D eigenvalue weighted by Gasteiger charge is 2.13. The standard InChI is InChI=1S/C20H25N3O3/c1-25-17-9-5-6-10-18(17)26-14-20(24)23-16-11-12-19(21-13-16)22-15-7-3-2-4-8-15/h5-6,9-13,15H,2-4,7-8,14H2,1H3,(H,21,22)(H,23,24). The fourth-order valence-corrected chi connectivity index (χ4v) is 3.09. The second-order valence-corrected chi connectivity index (χ2v) is 6.40. The van der Waals surface area contributed by atoms with Gasteiger partial charge in [0.15, 0.2) is 18.1 Å². The summed E-state index contributed by atoms with van der Waals surface area (Å²) in [7, 11) is 1.57. The Hall–Kier alpha value is -2.76. The summed E-state index contributed by atoms with van der Waals surface area (Å²) in [5.74, 6) is 1.74. The lowest BCUT2D eigenvalue weighted by Crippen LogP contribution is -2.23. The smallest absolute Gasteiger partial charge is 0.262 e. The Kier molecular flexibility index (Phi) is 6.30. The maximum atomic E-state index is 12.1. The summed E-state index contributed by atoms with van der Waals surface area (Å²) in [5.41, 5.74) is 0.646. The quantitative estimate of drug-likeness (QED) is 0.789. The molecule has 1 aliphatic rings. The van der Waals surface area contributed by atoms with Gasteiger partial charge in [-0.25, -0.2) is 4.98 Å². The number of carbonyl (C=O) groups excluding carboxylic acids is 1. The van der Waals surface area contributed by atoms with Crippen LogP contribution in [-0.2, 0) is 4.79 Å². The SMILES string of the molecule is COc1ccccc1OCC(=O)Nc1ccc(NC2CCCCC2)nc1. The molecule has 0 spiro atoms. The summed E-state index contributed by atoms with van der Waals surface area (Å²) in [4.78, 5) is 16.5. The molecule has 3 rings (SSSR count). The van der Waals surface area contributed by atoms with Crippen LogP contribution >= 0.6 is 0 Å². The number of carbonyl (C=O) groups is 1. The molecule has 26 heavy (non-hydrogen) atoms. The Labute approximate surface area is 153 Å². The number of hydrogen-bond donors (Lipinski definition) is 2. The van der Waals surface area contributed by atoms with Crippen LogP contribution in [0.2, 0.25) is 0 Å². The van der Waals surface area contributed by atoms with E-state index in [4.69, 9.17) is 9.47 Å². The fourth-order valence-electron chi connectivity index (χ4n) is 3.09. The number of amides is 1. The third-order valence-electron chi connectivity index (χ3n) is 4.43. The molecule has 138 valence electrons. The Bertz CT molecular complexity index is 712. The zero-order valence-electron chi connectivity index (χ0n) is 15.0. The molecule has 1 heterocycles. The Morgan fingerprint density at radius 3 is 2.58 bits per heavy atom. The van der Waals surface area contributed by atoms with Gasteiger partial charge in [-0.2, -0.15) is 0 Å². The van der Waals surface area contributed by atoms with Crippen molar-refractivity contribution in [2.45, 2.75) is 38.1 Å². The van der Waals surface area contributed by atoms with Crippen molar-refractivity contribution in [2.75, 3.05) is 24.4 Å². The summed E-state index contributed by atoms with van der Waals surface area (Å²) >= 11 is 0. The van der Waals surface area contributed by atoms with Crippen molar-refractivity contribution in [3.05, 3.63) is 42.6 Å². The molecule has 1 amide bonds. The Morgan fingerprint density at radius 1 is 1.12 bits per heavy atom. The molecule has 1 aliphatic carbocycles. The van der Waals surface area contributed by atoms with E-state index < -0.39 is 0 Å². The van der Waals surface area contributed by atoms with Crippen molar-refractivity contribution in [3.63, 3.8) is 0 Å². The van der Waals surface area contributed by atoms with E-state index in [-0.39, 0.29) is 12.5 Å². The van der Waals surface area contributed by atoms with Crippen molar-refractivity contribution < 1.29 is 14.3 Å². The molecule has 0 saturated heterocycles. The molecule has 0 bridgehead atoms. The summed E-state index contributed by atoms with van der Waals surface area (Å²) in [6.45, 7) is -0.0948. The van der Waals surface area contributed by atoms with Crippen molar-refractivity contribution in [1.29, 1.82) is 0 Å². The highest BCUT2D eigenvalue weighted by atomic mass is 16.5. The molecule has 2 aromatic rings. The number of hydrogen-bond acceptors (Lipinski definition) is 5. The first-order chi connectivity index (χ1) is 12.7. The van der Waals surface area contributed by atoms with E-state index in [9.17, 15) is 4.79 Å². The number of anilines is 2. The Balaban J connectivity index is 1.48. The van der Waals surface area contributed by atoms with Gasteiger partial charge in [-0.3, -0.25) is 4.79 Å². The van der Waals surface area contributed by atoms with Crippen molar-refractivity contribution >= 4 is 17.4 Å². The van der Waals surface area contributed by atoms with E-state index in [2.05, 4.69) is 15.6 Å². The zero-order chi connectivity index (χ0) is 18.2. The number of methoxy groups -OCH3 is 1. The predicted octanol–water partition coefficient (Wildman–Crippen LogP) is 3.85. The van der Waals surface area contributed by atoms with Crippen LogP contribution in [0.4, 0.5) is 11.5 Å². The summed E-state index contributed by atoms with van der Waals surface area (Å²) in [6.07, 6.45) is 7.93. The number of rotatable bonds is 7. The lowest BCUT2D eigenvalue weighted by molar-refractivity contribution is -0.118. The zero-order valence-corrected chi connectivity index (χ0v) is 15.0. The first-order valence-corrected chi connectivity index (χ1v) is 9.03. The van der Waals surface area contributed by atoms with Crippen molar-refractivity contribution in [3.8, 4) is 11.5 Å². The summed E-state index contributed by atoms with van der Waals surface area (Å²) in [6, 6.07) is 11.5. The van der Waals surface area contributed by atoms with E-state index in [0.29, 0.717) is 23.2 Å². The van der Waals surface area contributed by atoms with Crippen LogP contribution < -0.4 is 20.1 Å². The third kappa shape index (κ3) is 5.12. The largest absolute Gasteiger partial charge is 0.493 e. The van der Waals surface area contributed by atoms with Crippen LogP contribution in [0.1, 0.15) is 32.1 Å². The molecular weight excluding hydrogens is 330 g/mol. The molecule has 0 aliphatic heterocycles. The molecule has 1 saturated carbocycles. The number of nitrogens with one attached hydrogen (secondary N) is 2. The van der Waals surface area contributed by atoms with Gasteiger partial charge in [-0.1, -0.05) is 31.4 Å². The lowest BCUT2D eigenvalue weighted by atomic mass is 9.95. The molecule has 0 atom stereocenters. The maximum absolute atomic E-state index is 12.1. The monoisotopic (exact) mass is 355 g/mol. The first-order valence-electron chi connectivity index (χ1n) is 9.03. The van der Waals surface area contributed by atoms with Crippen LogP contribution in [0.5, 0.6) is 11.5 Å². The van der Waals surface area contributed by atoms with Gasteiger partial charge in [0.05, 0.1) is 19.0 Å². The number of aromatic nitrogens is 1. The number of nitrogens with zero attached hydrogens (tertiary/aromatic N) is 1. The highest BCUT2D eigenvalue weighted by Crippen LogP contribution is 2.25. The molecule has 2 N–H and O–H groups in total. The molecule has 1 aromatic carbocycles. The minimum absolute atomic E-state index is 0.0948. The molecule has 6 heteroatoms. The van der Waals surface area contributed by atoms with Gasteiger partial charge in [0, 0.05) is 6.04 Å². The highest BCUT2D eigenvalue weighted by molar-refractivity contribution is 5.91. The molecule has 1 aromatic heterocycles. The van der Waals surface area contributed by atoms with Gasteiger partial charge in [0.25, 0.3) is 5.91 Å². The number of pyridine rings is 1. The maximum Gasteiger partial charge on any atom is 0.262 e. The molecule has 1 fully saturated rings. The number of para-hydroxylation sites is 2. The second kappa shape index (κ2) is 9.08. The van der Waals surface area contributed by atoms with Crippen LogP contribution in [0.25, 0.3) is 0 Å². The minimum atomic E-state index is -0.245. The van der Waals surface area contributed by atoms with Crippen molar-refractivity contribution in [1.82, 2.24) is 4.98 Å². The van der Waals surface area contributed by atoms with E-state index >= 15 is 0 Å². The van der Waals surface area contributed by atoms with Gasteiger partial charge in [-0.15, -0.1) is 0 Å². The number of benzene rings is 1. The average Bonchev–Trinajstić information content (AvgIpc) is 2.69. The van der Waals surface area contributed by atoms with Gasteiger partial charge >= 0.3 is 0 Å². The normalized spacial score (nSPS) is 14.5. The second-order valence-electron chi connectivity index (χ2n) is 6.40. The third-order valence-corrected chi connectivity index (χ3v) is 4.43. The molecule has 0 unspecified atom stereocenters. The van der Waals surface area contributed by atoms with E-state index in [0.717, 1.165) is 5.82 Å². The fraction of sp³-hybridized carbons (Fsp3) is 0.400. The van der Waals surface area contributed by atoms with E-state index in [1.54, 1.807) is 25.4 Å². The minimum Gasteiger partial charge on any atom is -0.493 e. The van der Waals surface area contributed by atoms with Crippen LogP contribution in [-0.4, -0.2) is 30.6 Å². The summed E-state index contributed by atoms with van der Waals surface area (Å²) < 4.78 is 10.7. The van der Waals surface area contributed by atoms with Gasteiger partial charge in [0.1, 0.15) is 5.82 Å². The number of ether oxygens (including phenoxy) is 2. The van der Waals surface area contributed by atoms with Crippen molar-refractivity contribution in [2.24, 2.45) is 0 Å². The van der Waals surface area contributed by atoms with E-state index in [1.807, 2.05) is 24.3 Å². The van der Waals surface area contributed by atoms with Crippen LogP contribution in [0.15, 0.2) is 42.6 Å². The summed E-state index contributed by atoms with van der Waals surface area (Å²) in [5, 5.41) is 6.24. The first kappa shape index (κ1) is 18.0. The van der Waals surface area contributed by atoms with Gasteiger partial charge < -0.3 is 20.1 Å².